The normalized spacial score (nSPS) is 10.9. The van der Waals surface area contributed by atoms with Crippen molar-refractivity contribution < 1.29 is 0 Å². The summed E-state index contributed by atoms with van der Waals surface area (Å²) in [5.41, 5.74) is 4.00. The minimum atomic E-state index is 0.693. The minimum Gasteiger partial charge on any atom is -0.372 e. The molecule has 2 aromatic rings. The summed E-state index contributed by atoms with van der Waals surface area (Å²) in [4.78, 5) is 7.96. The van der Waals surface area contributed by atoms with Gasteiger partial charge in [0.1, 0.15) is 11.1 Å². The average molecular weight is 311 g/mol. The Hall–Kier alpha value is -2.12. The molecular weight excluding hydrogens is 290 g/mol. The van der Waals surface area contributed by atoms with Crippen LogP contribution in [0.1, 0.15) is 35.4 Å². The SMILES string of the molecule is CCN(CC)c1ccc(C=Nc2sc(C)c(C)c2C#N)cc1. The Balaban J connectivity index is 2.21. The molecule has 0 radical (unpaired) electrons. The van der Waals surface area contributed by atoms with Crippen LogP contribution < -0.4 is 4.90 Å². The van der Waals surface area contributed by atoms with Gasteiger partial charge in [-0.25, -0.2) is 4.99 Å². The summed E-state index contributed by atoms with van der Waals surface area (Å²) in [7, 11) is 0. The zero-order chi connectivity index (χ0) is 16.1. The first kappa shape index (κ1) is 16.3. The van der Waals surface area contributed by atoms with Crippen LogP contribution in [-0.4, -0.2) is 19.3 Å². The maximum absolute atomic E-state index is 9.24. The van der Waals surface area contributed by atoms with Crippen LogP contribution >= 0.6 is 11.3 Å². The number of thiophene rings is 1. The fourth-order valence-corrected chi connectivity index (χ4v) is 3.28. The van der Waals surface area contributed by atoms with Crippen molar-refractivity contribution in [1.29, 1.82) is 5.26 Å². The van der Waals surface area contributed by atoms with Crippen LogP contribution in [0.15, 0.2) is 29.3 Å². The van der Waals surface area contributed by atoms with Crippen molar-refractivity contribution in [2.75, 3.05) is 18.0 Å². The molecule has 1 heterocycles. The van der Waals surface area contributed by atoms with Crippen molar-refractivity contribution in [2.24, 2.45) is 4.99 Å². The fourth-order valence-electron chi connectivity index (χ4n) is 2.32. The molecule has 0 aliphatic carbocycles. The van der Waals surface area contributed by atoms with E-state index in [0.29, 0.717) is 5.56 Å². The third-order valence-corrected chi connectivity index (χ3v) is 4.95. The van der Waals surface area contributed by atoms with Crippen molar-refractivity contribution >= 4 is 28.2 Å². The number of aliphatic imine (C=N–C) groups is 1. The smallest absolute Gasteiger partial charge is 0.134 e. The Morgan fingerprint density at radius 2 is 1.82 bits per heavy atom. The molecule has 0 aliphatic rings. The maximum Gasteiger partial charge on any atom is 0.134 e. The summed E-state index contributed by atoms with van der Waals surface area (Å²) in [6.07, 6.45) is 1.83. The van der Waals surface area contributed by atoms with Crippen molar-refractivity contribution in [3.05, 3.63) is 45.8 Å². The van der Waals surface area contributed by atoms with Gasteiger partial charge >= 0.3 is 0 Å². The highest BCUT2D eigenvalue weighted by atomic mass is 32.1. The van der Waals surface area contributed by atoms with E-state index in [0.717, 1.165) is 34.1 Å². The van der Waals surface area contributed by atoms with Crippen LogP contribution in [0.2, 0.25) is 0 Å². The molecule has 0 fully saturated rings. The molecular formula is C18H21N3S. The van der Waals surface area contributed by atoms with Crippen LogP contribution in [0.25, 0.3) is 0 Å². The van der Waals surface area contributed by atoms with Crippen molar-refractivity contribution in [2.45, 2.75) is 27.7 Å². The average Bonchev–Trinajstić information content (AvgIpc) is 2.82. The molecule has 0 saturated carbocycles. The molecule has 0 bridgehead atoms. The molecule has 0 amide bonds. The highest BCUT2D eigenvalue weighted by molar-refractivity contribution is 7.16. The number of benzene rings is 1. The van der Waals surface area contributed by atoms with Gasteiger partial charge in [0.25, 0.3) is 0 Å². The van der Waals surface area contributed by atoms with Gasteiger partial charge in [-0.3, -0.25) is 0 Å². The minimum absolute atomic E-state index is 0.693. The summed E-state index contributed by atoms with van der Waals surface area (Å²) < 4.78 is 0. The van der Waals surface area contributed by atoms with E-state index in [2.05, 4.69) is 54.1 Å². The number of aryl methyl sites for hydroxylation is 1. The molecule has 2 rings (SSSR count). The Labute approximate surface area is 136 Å². The van der Waals surface area contributed by atoms with Gasteiger partial charge in [0.15, 0.2) is 0 Å². The number of rotatable bonds is 5. The van der Waals surface area contributed by atoms with E-state index in [4.69, 9.17) is 0 Å². The second-order valence-corrected chi connectivity index (χ2v) is 6.30. The number of hydrogen-bond acceptors (Lipinski definition) is 4. The largest absolute Gasteiger partial charge is 0.372 e. The van der Waals surface area contributed by atoms with E-state index in [9.17, 15) is 5.26 Å². The van der Waals surface area contributed by atoms with E-state index in [1.165, 1.54) is 5.69 Å². The van der Waals surface area contributed by atoms with Gasteiger partial charge < -0.3 is 4.90 Å². The summed E-state index contributed by atoms with van der Waals surface area (Å²) in [5, 5.41) is 10.0. The van der Waals surface area contributed by atoms with E-state index < -0.39 is 0 Å². The first-order chi connectivity index (χ1) is 10.6. The van der Waals surface area contributed by atoms with Crippen LogP contribution in [0.5, 0.6) is 0 Å². The zero-order valence-corrected chi connectivity index (χ0v) is 14.4. The standard InChI is InChI=1S/C18H21N3S/c1-5-21(6-2)16-9-7-15(8-10-16)12-20-18-17(11-19)13(3)14(4)22-18/h7-10,12H,5-6H2,1-4H3. The molecule has 0 N–H and O–H groups in total. The summed E-state index contributed by atoms with van der Waals surface area (Å²) >= 11 is 1.57. The molecule has 1 aromatic carbocycles. The summed E-state index contributed by atoms with van der Waals surface area (Å²) in [6.45, 7) is 10.3. The lowest BCUT2D eigenvalue weighted by Gasteiger charge is -2.20. The predicted molar refractivity (Wildman–Crippen MR) is 95.8 cm³/mol. The molecule has 0 aliphatic heterocycles. The predicted octanol–water partition coefficient (Wildman–Crippen LogP) is 4.83. The molecule has 0 spiro atoms. The first-order valence-electron chi connectivity index (χ1n) is 7.49. The molecule has 1 aromatic heterocycles. The van der Waals surface area contributed by atoms with Gasteiger partial charge in [0, 0.05) is 29.9 Å². The number of anilines is 1. The van der Waals surface area contributed by atoms with Crippen LogP contribution in [0.4, 0.5) is 10.7 Å². The number of hydrogen-bond donors (Lipinski definition) is 0. The van der Waals surface area contributed by atoms with E-state index in [-0.39, 0.29) is 0 Å². The molecule has 4 heteroatoms. The van der Waals surface area contributed by atoms with Crippen molar-refractivity contribution in [3.8, 4) is 6.07 Å². The Bertz CT molecular complexity index is 701. The van der Waals surface area contributed by atoms with E-state index in [1.807, 2.05) is 20.1 Å². The monoisotopic (exact) mass is 311 g/mol. The highest BCUT2D eigenvalue weighted by Crippen LogP contribution is 2.33. The third kappa shape index (κ3) is 3.37. The quantitative estimate of drug-likeness (QED) is 0.742. The van der Waals surface area contributed by atoms with Gasteiger partial charge in [0.2, 0.25) is 0 Å². The molecule has 22 heavy (non-hydrogen) atoms. The molecule has 0 unspecified atom stereocenters. The number of nitriles is 1. The Kier molecular flexibility index (Phi) is 5.35. The van der Waals surface area contributed by atoms with Crippen LogP contribution in [0.3, 0.4) is 0 Å². The fraction of sp³-hybridized carbons (Fsp3) is 0.333. The van der Waals surface area contributed by atoms with Gasteiger partial charge in [-0.15, -0.1) is 11.3 Å². The molecule has 114 valence electrons. The molecule has 0 saturated heterocycles. The topological polar surface area (TPSA) is 39.4 Å². The van der Waals surface area contributed by atoms with Crippen LogP contribution in [0, 0.1) is 25.2 Å². The lowest BCUT2D eigenvalue weighted by atomic mass is 10.2. The van der Waals surface area contributed by atoms with Crippen LogP contribution in [-0.2, 0) is 0 Å². The second kappa shape index (κ2) is 7.24. The van der Waals surface area contributed by atoms with Gasteiger partial charge in [-0.1, -0.05) is 12.1 Å². The highest BCUT2D eigenvalue weighted by Gasteiger charge is 2.10. The van der Waals surface area contributed by atoms with Crippen molar-refractivity contribution in [3.63, 3.8) is 0 Å². The van der Waals surface area contributed by atoms with Gasteiger partial charge in [-0.05, 0) is 51.0 Å². The second-order valence-electron chi connectivity index (χ2n) is 5.10. The Morgan fingerprint density at radius 1 is 1.18 bits per heavy atom. The van der Waals surface area contributed by atoms with Gasteiger partial charge in [-0.2, -0.15) is 5.26 Å². The summed E-state index contributed by atoms with van der Waals surface area (Å²) in [5.74, 6) is 0. The maximum atomic E-state index is 9.24. The zero-order valence-electron chi connectivity index (χ0n) is 13.6. The van der Waals surface area contributed by atoms with E-state index in [1.54, 1.807) is 11.3 Å². The molecule has 3 nitrogen and oxygen atoms in total. The van der Waals surface area contributed by atoms with E-state index >= 15 is 0 Å². The third-order valence-electron chi connectivity index (χ3n) is 3.83. The number of nitrogens with zero attached hydrogens (tertiary/aromatic N) is 3. The van der Waals surface area contributed by atoms with Crippen molar-refractivity contribution in [1.82, 2.24) is 0 Å². The first-order valence-corrected chi connectivity index (χ1v) is 8.31. The van der Waals surface area contributed by atoms with Gasteiger partial charge in [0.05, 0.1) is 5.56 Å². The summed E-state index contributed by atoms with van der Waals surface area (Å²) in [6, 6.07) is 10.6. The molecule has 0 atom stereocenters. The Morgan fingerprint density at radius 3 is 2.36 bits per heavy atom. The lowest BCUT2D eigenvalue weighted by Crippen LogP contribution is -2.21. The lowest BCUT2D eigenvalue weighted by molar-refractivity contribution is 0.866.